The molecule has 16 heavy (non-hydrogen) atoms. The first kappa shape index (κ1) is 11.0. The van der Waals surface area contributed by atoms with Crippen molar-refractivity contribution in [1.82, 2.24) is 0 Å². The summed E-state index contributed by atoms with van der Waals surface area (Å²) >= 11 is 0. The Labute approximate surface area is 95.9 Å². The van der Waals surface area contributed by atoms with Gasteiger partial charge in [0.15, 0.2) is 0 Å². The summed E-state index contributed by atoms with van der Waals surface area (Å²) in [6.45, 7) is 4.02. The summed E-state index contributed by atoms with van der Waals surface area (Å²) in [5, 5.41) is 18.2. The van der Waals surface area contributed by atoms with E-state index in [4.69, 9.17) is 10.4 Å². The molecule has 1 unspecified atom stereocenters. The molecule has 0 saturated carbocycles. The van der Waals surface area contributed by atoms with Crippen molar-refractivity contribution in [2.75, 3.05) is 24.6 Å². The van der Waals surface area contributed by atoms with E-state index >= 15 is 0 Å². The molecule has 0 spiro atoms. The van der Waals surface area contributed by atoms with E-state index in [0.717, 1.165) is 36.3 Å². The smallest absolute Gasteiger partial charge is 0.101 e. The maximum atomic E-state index is 9.11. The van der Waals surface area contributed by atoms with Gasteiger partial charge in [0.1, 0.15) is 6.07 Å². The van der Waals surface area contributed by atoms with Gasteiger partial charge in [0.2, 0.25) is 0 Å². The van der Waals surface area contributed by atoms with Gasteiger partial charge >= 0.3 is 0 Å². The van der Waals surface area contributed by atoms with Crippen LogP contribution in [-0.2, 0) is 0 Å². The normalized spacial score (nSPS) is 19.8. The number of nitriles is 1. The van der Waals surface area contributed by atoms with E-state index in [1.807, 2.05) is 25.1 Å². The highest BCUT2D eigenvalue weighted by Gasteiger charge is 2.23. The molecule has 1 fully saturated rings. The second-order valence-corrected chi connectivity index (χ2v) is 4.42. The highest BCUT2D eigenvalue weighted by Crippen LogP contribution is 2.27. The van der Waals surface area contributed by atoms with Crippen LogP contribution in [0.15, 0.2) is 18.2 Å². The molecule has 0 bridgehead atoms. The van der Waals surface area contributed by atoms with Crippen molar-refractivity contribution in [3.63, 3.8) is 0 Å². The third kappa shape index (κ3) is 2.02. The van der Waals surface area contributed by atoms with E-state index in [0.29, 0.717) is 5.92 Å². The summed E-state index contributed by atoms with van der Waals surface area (Å²) in [5.74, 6) is 0.354. The second-order valence-electron chi connectivity index (χ2n) is 4.42. The summed E-state index contributed by atoms with van der Waals surface area (Å²) < 4.78 is 0. The first-order valence-electron chi connectivity index (χ1n) is 5.61. The summed E-state index contributed by atoms with van der Waals surface area (Å²) in [7, 11) is 0. The zero-order valence-electron chi connectivity index (χ0n) is 9.48. The summed E-state index contributed by atoms with van der Waals surface area (Å²) in [5.41, 5.74) is 2.85. The molecule has 1 heterocycles. The lowest BCUT2D eigenvalue weighted by molar-refractivity contribution is 0.238. The van der Waals surface area contributed by atoms with Gasteiger partial charge in [-0.3, -0.25) is 0 Å². The summed E-state index contributed by atoms with van der Waals surface area (Å²) in [6, 6.07) is 8.20. The minimum atomic E-state index is 0.240. The molecule has 1 N–H and O–H groups in total. The van der Waals surface area contributed by atoms with Crippen molar-refractivity contribution < 1.29 is 5.11 Å². The van der Waals surface area contributed by atoms with Crippen molar-refractivity contribution in [2.45, 2.75) is 13.3 Å². The average molecular weight is 216 g/mol. The maximum absolute atomic E-state index is 9.11. The average Bonchev–Trinajstić information content (AvgIpc) is 2.77. The molecular weight excluding hydrogens is 200 g/mol. The van der Waals surface area contributed by atoms with Crippen molar-refractivity contribution in [3.8, 4) is 6.07 Å². The first-order chi connectivity index (χ1) is 7.74. The Hall–Kier alpha value is -1.53. The van der Waals surface area contributed by atoms with Gasteiger partial charge < -0.3 is 10.0 Å². The van der Waals surface area contributed by atoms with Gasteiger partial charge in [0, 0.05) is 25.6 Å². The third-order valence-electron chi connectivity index (χ3n) is 3.16. The van der Waals surface area contributed by atoms with Crippen molar-refractivity contribution in [3.05, 3.63) is 29.3 Å². The quantitative estimate of drug-likeness (QED) is 0.818. The van der Waals surface area contributed by atoms with E-state index in [2.05, 4.69) is 11.0 Å². The highest BCUT2D eigenvalue weighted by atomic mass is 16.3. The zero-order chi connectivity index (χ0) is 11.5. The van der Waals surface area contributed by atoms with Crippen molar-refractivity contribution in [1.29, 1.82) is 5.26 Å². The number of rotatable bonds is 2. The molecule has 1 atom stereocenters. The number of hydrogen-bond donors (Lipinski definition) is 1. The van der Waals surface area contributed by atoms with Crippen LogP contribution in [0.1, 0.15) is 17.5 Å². The fourth-order valence-electron chi connectivity index (χ4n) is 2.22. The zero-order valence-corrected chi connectivity index (χ0v) is 9.48. The Morgan fingerprint density at radius 1 is 1.56 bits per heavy atom. The van der Waals surface area contributed by atoms with E-state index < -0.39 is 0 Å². The van der Waals surface area contributed by atoms with Gasteiger partial charge in [-0.1, -0.05) is 6.07 Å². The largest absolute Gasteiger partial charge is 0.396 e. The number of aliphatic hydroxyl groups is 1. The van der Waals surface area contributed by atoms with Crippen LogP contribution in [0.25, 0.3) is 0 Å². The van der Waals surface area contributed by atoms with Crippen molar-refractivity contribution >= 4 is 5.69 Å². The monoisotopic (exact) mass is 216 g/mol. The van der Waals surface area contributed by atoms with Gasteiger partial charge in [0.05, 0.1) is 11.3 Å². The lowest BCUT2D eigenvalue weighted by Crippen LogP contribution is -2.21. The Morgan fingerprint density at radius 3 is 3.00 bits per heavy atom. The maximum Gasteiger partial charge on any atom is 0.101 e. The molecule has 3 heteroatoms. The fraction of sp³-hybridized carbons (Fsp3) is 0.462. The van der Waals surface area contributed by atoms with E-state index in [9.17, 15) is 0 Å². The van der Waals surface area contributed by atoms with E-state index in [1.54, 1.807) is 0 Å². The van der Waals surface area contributed by atoms with Gasteiger partial charge in [0.25, 0.3) is 0 Å². The van der Waals surface area contributed by atoms with Crippen molar-refractivity contribution in [2.24, 2.45) is 5.92 Å². The Balaban J connectivity index is 2.25. The van der Waals surface area contributed by atoms with Gasteiger partial charge in [-0.2, -0.15) is 5.26 Å². The van der Waals surface area contributed by atoms with Crippen LogP contribution in [0.2, 0.25) is 0 Å². The van der Waals surface area contributed by atoms with Crippen LogP contribution in [0.5, 0.6) is 0 Å². The third-order valence-corrected chi connectivity index (χ3v) is 3.16. The SMILES string of the molecule is Cc1ccc(N2CCC(CO)C2)c(C#N)c1. The minimum Gasteiger partial charge on any atom is -0.396 e. The standard InChI is InChI=1S/C13H16N2O/c1-10-2-3-13(12(6-10)7-14)15-5-4-11(8-15)9-16/h2-3,6,11,16H,4-5,8-9H2,1H3. The molecule has 0 radical (unpaired) electrons. The number of benzene rings is 1. The molecule has 0 aromatic heterocycles. The van der Waals surface area contributed by atoms with Gasteiger partial charge in [-0.05, 0) is 31.0 Å². The van der Waals surface area contributed by atoms with Crippen LogP contribution in [0.4, 0.5) is 5.69 Å². The molecule has 1 saturated heterocycles. The molecule has 84 valence electrons. The molecule has 1 aliphatic rings. The van der Waals surface area contributed by atoms with E-state index in [1.165, 1.54) is 0 Å². The number of nitrogens with zero attached hydrogens (tertiary/aromatic N) is 2. The number of hydrogen-bond acceptors (Lipinski definition) is 3. The molecule has 2 rings (SSSR count). The van der Waals surface area contributed by atoms with Crippen LogP contribution in [0, 0.1) is 24.2 Å². The second kappa shape index (κ2) is 4.54. The molecule has 0 amide bonds. The van der Waals surface area contributed by atoms with Crippen LogP contribution >= 0.6 is 0 Å². The van der Waals surface area contributed by atoms with Crippen LogP contribution < -0.4 is 4.90 Å². The lowest BCUT2D eigenvalue weighted by atomic mass is 10.1. The number of aryl methyl sites for hydroxylation is 1. The first-order valence-corrected chi connectivity index (χ1v) is 5.61. The fourth-order valence-corrected chi connectivity index (χ4v) is 2.22. The minimum absolute atomic E-state index is 0.240. The predicted octanol–water partition coefficient (Wildman–Crippen LogP) is 1.69. The Kier molecular flexibility index (Phi) is 3.12. The van der Waals surface area contributed by atoms with Crippen LogP contribution in [0.3, 0.4) is 0 Å². The summed E-state index contributed by atoms with van der Waals surface area (Å²) in [6.07, 6.45) is 1.01. The number of aliphatic hydroxyl groups excluding tert-OH is 1. The molecule has 3 nitrogen and oxygen atoms in total. The van der Waals surface area contributed by atoms with Gasteiger partial charge in [-0.15, -0.1) is 0 Å². The topological polar surface area (TPSA) is 47.3 Å². The number of anilines is 1. The van der Waals surface area contributed by atoms with E-state index in [-0.39, 0.29) is 6.61 Å². The molecule has 1 aromatic rings. The Bertz CT molecular complexity index is 422. The van der Waals surface area contributed by atoms with Gasteiger partial charge in [-0.25, -0.2) is 0 Å². The molecule has 0 aliphatic carbocycles. The predicted molar refractivity (Wildman–Crippen MR) is 63.3 cm³/mol. The Morgan fingerprint density at radius 2 is 2.38 bits per heavy atom. The molecule has 1 aromatic carbocycles. The molecule has 1 aliphatic heterocycles. The van der Waals surface area contributed by atoms with Crippen LogP contribution in [-0.4, -0.2) is 24.8 Å². The molecular formula is C13H16N2O. The highest BCUT2D eigenvalue weighted by molar-refractivity contribution is 5.60. The summed E-state index contributed by atoms with van der Waals surface area (Å²) in [4.78, 5) is 2.19. The lowest BCUT2D eigenvalue weighted by Gasteiger charge is -2.20.